The maximum absolute atomic E-state index is 5.36. The Labute approximate surface area is 267 Å². The molecule has 4 aromatic heterocycles. The summed E-state index contributed by atoms with van der Waals surface area (Å²) >= 11 is 0. The molecule has 0 fully saturated rings. The van der Waals surface area contributed by atoms with Crippen LogP contribution in [0.15, 0.2) is 97.3 Å². The molecule has 0 unspecified atom stereocenters. The third-order valence-corrected chi connectivity index (χ3v) is 8.22. The van der Waals surface area contributed by atoms with Gasteiger partial charge >= 0.3 is 21.1 Å². The second-order valence-electron chi connectivity index (χ2n) is 13.3. The van der Waals surface area contributed by atoms with E-state index < -0.39 is 0 Å². The van der Waals surface area contributed by atoms with Gasteiger partial charge in [-0.2, -0.15) is 6.20 Å². The van der Waals surface area contributed by atoms with Crippen LogP contribution in [0.5, 0.6) is 0 Å². The van der Waals surface area contributed by atoms with E-state index in [1.807, 2.05) is 36.7 Å². The van der Waals surface area contributed by atoms with E-state index in [1.165, 1.54) is 11.1 Å². The summed E-state index contributed by atoms with van der Waals surface area (Å²) in [4.78, 5) is 20.0. The van der Waals surface area contributed by atoms with E-state index in [2.05, 4.69) is 102 Å². The molecule has 0 spiro atoms. The van der Waals surface area contributed by atoms with E-state index in [4.69, 9.17) is 19.9 Å². The molecule has 0 saturated carbocycles. The molecule has 4 heterocycles. The van der Waals surface area contributed by atoms with Crippen molar-refractivity contribution in [3.05, 3.63) is 108 Å². The predicted octanol–water partition coefficient (Wildman–Crippen LogP) is 9.44. The molecule has 0 bridgehead atoms. The Balaban J connectivity index is 0.00000329. The van der Waals surface area contributed by atoms with Gasteiger partial charge in [0.1, 0.15) is 0 Å². The second-order valence-corrected chi connectivity index (χ2v) is 13.3. The van der Waals surface area contributed by atoms with E-state index in [-0.39, 0.29) is 31.9 Å². The van der Waals surface area contributed by atoms with Gasteiger partial charge in [-0.3, -0.25) is 4.98 Å². The van der Waals surface area contributed by atoms with Gasteiger partial charge in [0.2, 0.25) is 0 Å². The van der Waals surface area contributed by atoms with E-state index in [0.717, 1.165) is 66.5 Å². The summed E-state index contributed by atoms with van der Waals surface area (Å²) in [5.74, 6) is 0. The van der Waals surface area contributed by atoms with Gasteiger partial charge in [0, 0.05) is 11.9 Å². The van der Waals surface area contributed by atoms with Crippen LogP contribution in [-0.4, -0.2) is 9.97 Å². The van der Waals surface area contributed by atoms with Crippen LogP contribution < -0.4 is 9.97 Å². The van der Waals surface area contributed by atoms with Crippen LogP contribution in [0.25, 0.3) is 66.5 Å². The number of rotatable bonds is 3. The normalized spacial score (nSPS) is 12.2. The van der Waals surface area contributed by atoms with Crippen molar-refractivity contribution < 1.29 is 21.1 Å². The molecule has 43 heavy (non-hydrogen) atoms. The van der Waals surface area contributed by atoms with Crippen LogP contribution in [0.2, 0.25) is 0 Å². The van der Waals surface area contributed by atoms with Gasteiger partial charge in [-0.15, -0.1) is 16.7 Å². The average Bonchev–Trinajstić information content (AvgIpc) is 3.58. The van der Waals surface area contributed by atoms with Gasteiger partial charge in [0.25, 0.3) is 0 Å². The van der Waals surface area contributed by atoms with Crippen molar-refractivity contribution in [1.29, 1.82) is 0 Å². The molecule has 0 amide bonds. The molecule has 216 valence electrons. The van der Waals surface area contributed by atoms with Crippen LogP contribution in [-0.2, 0) is 31.9 Å². The topological polar surface area (TPSA) is 54.0 Å². The fraction of sp³-hybridized carbons (Fsp3) is 0.211. The molecule has 0 N–H and O–H groups in total. The van der Waals surface area contributed by atoms with Crippen molar-refractivity contribution in [1.82, 2.24) is 19.9 Å². The van der Waals surface area contributed by atoms with Crippen molar-refractivity contribution >= 4 is 32.6 Å². The molecular weight excluding hydrogens is 708 g/mol. The number of pyridine rings is 2. The van der Waals surface area contributed by atoms with Gasteiger partial charge in [-0.1, -0.05) is 102 Å². The average molecular weight is 742 g/mol. The monoisotopic (exact) mass is 741 g/mol. The van der Waals surface area contributed by atoms with E-state index in [0.29, 0.717) is 0 Å². The van der Waals surface area contributed by atoms with Crippen LogP contribution in [0.1, 0.15) is 52.7 Å². The third-order valence-electron chi connectivity index (χ3n) is 8.22. The number of benzene rings is 3. The fourth-order valence-corrected chi connectivity index (χ4v) is 5.76. The maximum atomic E-state index is 5.36. The Bertz CT molecular complexity index is 2100. The van der Waals surface area contributed by atoms with E-state index in [9.17, 15) is 0 Å². The Morgan fingerprint density at radius 3 is 1.79 bits per heavy atom. The molecular formula is C38H34N4Pt. The zero-order valence-electron chi connectivity index (χ0n) is 25.3. The summed E-state index contributed by atoms with van der Waals surface area (Å²) in [6, 6.07) is 29.8. The van der Waals surface area contributed by atoms with Crippen molar-refractivity contribution in [2.24, 2.45) is 0 Å². The zero-order valence-corrected chi connectivity index (χ0v) is 27.6. The van der Waals surface area contributed by atoms with Crippen LogP contribution in [0, 0.1) is 0 Å². The molecule has 0 aliphatic heterocycles. The minimum atomic E-state index is -0.0565. The first-order valence-corrected chi connectivity index (χ1v) is 14.6. The quantitative estimate of drug-likeness (QED) is 0.181. The molecule has 5 heteroatoms. The van der Waals surface area contributed by atoms with Crippen LogP contribution >= 0.6 is 0 Å². The minimum Gasteiger partial charge on any atom is -0.661 e. The van der Waals surface area contributed by atoms with Gasteiger partial charge in [0.15, 0.2) is 0 Å². The zero-order chi connectivity index (χ0) is 29.2. The van der Waals surface area contributed by atoms with Gasteiger partial charge in [-0.25, -0.2) is 4.98 Å². The van der Waals surface area contributed by atoms with Crippen molar-refractivity contribution in [3.63, 3.8) is 0 Å². The summed E-state index contributed by atoms with van der Waals surface area (Å²) in [5, 5.41) is 4.55. The molecule has 7 aromatic rings. The SMILES string of the molecule is CC(C)(C)c1cc(-c2ccccn2)c2[n-]c3c(-c4cccc(-c5[n-]cc6ccccc56)n4)cc(C(C)(C)C)cc3c2c1.[Pt+2]. The molecule has 0 aliphatic rings. The number of hydrogen-bond donors (Lipinski definition) is 0. The molecule has 0 aliphatic carbocycles. The first kappa shape index (κ1) is 29.1. The first-order valence-electron chi connectivity index (χ1n) is 14.6. The van der Waals surface area contributed by atoms with Gasteiger partial charge < -0.3 is 9.97 Å². The smallest absolute Gasteiger partial charge is 0.661 e. The van der Waals surface area contributed by atoms with Crippen LogP contribution in [0.4, 0.5) is 0 Å². The van der Waals surface area contributed by atoms with Crippen molar-refractivity contribution in [3.8, 4) is 33.9 Å². The number of hydrogen-bond acceptors (Lipinski definition) is 2. The number of fused-ring (bicyclic) bond motifs is 4. The Morgan fingerprint density at radius 1 is 0.581 bits per heavy atom. The molecule has 7 rings (SSSR count). The second kappa shape index (κ2) is 10.6. The van der Waals surface area contributed by atoms with Gasteiger partial charge in [-0.05, 0) is 78.9 Å². The van der Waals surface area contributed by atoms with Gasteiger partial charge in [0.05, 0.1) is 11.4 Å². The van der Waals surface area contributed by atoms with E-state index in [1.54, 1.807) is 0 Å². The molecule has 0 saturated heterocycles. The first-order chi connectivity index (χ1) is 20.1. The fourth-order valence-electron chi connectivity index (χ4n) is 5.76. The maximum Gasteiger partial charge on any atom is 2.00 e. The van der Waals surface area contributed by atoms with E-state index >= 15 is 0 Å². The molecule has 0 radical (unpaired) electrons. The Morgan fingerprint density at radius 2 is 1.16 bits per heavy atom. The number of aromatic nitrogens is 4. The summed E-state index contributed by atoms with van der Waals surface area (Å²) in [7, 11) is 0. The summed E-state index contributed by atoms with van der Waals surface area (Å²) in [6.45, 7) is 13.6. The third kappa shape index (κ3) is 5.12. The minimum absolute atomic E-state index is 0. The Kier molecular flexibility index (Phi) is 7.17. The molecule has 4 nitrogen and oxygen atoms in total. The predicted molar refractivity (Wildman–Crippen MR) is 175 cm³/mol. The summed E-state index contributed by atoms with van der Waals surface area (Å²) < 4.78 is 0. The Hall–Kier alpha value is -4.01. The summed E-state index contributed by atoms with van der Waals surface area (Å²) in [6.07, 6.45) is 3.78. The largest absolute Gasteiger partial charge is 2.00 e. The van der Waals surface area contributed by atoms with Crippen molar-refractivity contribution in [2.75, 3.05) is 0 Å². The molecule has 3 aromatic carbocycles. The molecule has 0 atom stereocenters. The standard InChI is InChI=1S/C38H34N4.Pt/c1-37(2,3)24-18-27-28-19-25(38(4,5)6)21-30(35(28)42-34(27)29(20-24)31-14-9-10-17-39-31)32-15-11-16-33(41-32)36-26-13-8-7-12-23(26)22-40-36;/h7-22H,1-6H3;/q-2;+2. The van der Waals surface area contributed by atoms with Crippen LogP contribution in [0.3, 0.4) is 0 Å². The van der Waals surface area contributed by atoms with Crippen molar-refractivity contribution in [2.45, 2.75) is 52.4 Å². The number of nitrogens with zero attached hydrogens (tertiary/aromatic N) is 4. The summed E-state index contributed by atoms with van der Waals surface area (Å²) in [5.41, 5.74) is 10.1.